The molecule has 0 radical (unpaired) electrons. The minimum Gasteiger partial charge on any atom is -0.351 e. The van der Waals surface area contributed by atoms with Crippen molar-refractivity contribution in [2.24, 2.45) is 16.0 Å². The van der Waals surface area contributed by atoms with Gasteiger partial charge in [-0.2, -0.15) is 10.2 Å². The van der Waals surface area contributed by atoms with Crippen LogP contribution < -0.4 is 11.1 Å². The Labute approximate surface area is 147 Å². The summed E-state index contributed by atoms with van der Waals surface area (Å²) < 4.78 is 13.0. The molecule has 2 aromatic carbocycles. The first-order valence-corrected chi connectivity index (χ1v) is 7.35. The Morgan fingerprint density at radius 3 is 2.48 bits per heavy atom. The monoisotopic (exact) mass is 361 g/mol. The number of primary amides is 1. The van der Waals surface area contributed by atoms with Gasteiger partial charge in [0, 0.05) is 5.02 Å². The number of rotatable bonds is 5. The van der Waals surface area contributed by atoms with Gasteiger partial charge in [0.15, 0.2) is 6.04 Å². The number of azo groups is 1. The van der Waals surface area contributed by atoms with E-state index in [4.69, 9.17) is 22.7 Å². The van der Waals surface area contributed by atoms with Crippen LogP contribution in [0, 0.1) is 11.2 Å². The zero-order valence-electron chi connectivity index (χ0n) is 12.7. The van der Waals surface area contributed by atoms with Crippen molar-refractivity contribution in [1.82, 2.24) is 5.32 Å². The maximum Gasteiger partial charge on any atom is 0.318 e. The Bertz CT molecular complexity index is 839. The fraction of sp³-hybridized carbons (Fsp3) is 0.0625. The predicted octanol–water partition coefficient (Wildman–Crippen LogP) is 3.19. The van der Waals surface area contributed by atoms with Crippen LogP contribution in [0.3, 0.4) is 0 Å². The minimum atomic E-state index is -1.45. The van der Waals surface area contributed by atoms with Crippen molar-refractivity contribution >= 4 is 34.9 Å². The third kappa shape index (κ3) is 5.18. The summed E-state index contributed by atoms with van der Waals surface area (Å²) in [6.07, 6.45) is 0. The van der Waals surface area contributed by atoms with Gasteiger partial charge in [-0.1, -0.05) is 29.8 Å². The molecule has 2 aromatic rings. The van der Waals surface area contributed by atoms with Gasteiger partial charge >= 0.3 is 6.03 Å². The van der Waals surface area contributed by atoms with Crippen molar-refractivity contribution in [2.75, 3.05) is 0 Å². The summed E-state index contributed by atoms with van der Waals surface area (Å²) in [6.45, 7) is 0. The fourth-order valence-corrected chi connectivity index (χ4v) is 2.07. The molecule has 25 heavy (non-hydrogen) atoms. The second-order valence-electron chi connectivity index (χ2n) is 4.87. The number of halogens is 2. The Morgan fingerprint density at radius 2 is 1.88 bits per heavy atom. The number of amides is 3. The lowest BCUT2D eigenvalue weighted by molar-refractivity contribution is -0.119. The summed E-state index contributed by atoms with van der Waals surface area (Å²) in [7, 11) is 0. The maximum atomic E-state index is 13.0. The highest BCUT2D eigenvalue weighted by atomic mass is 35.5. The lowest BCUT2D eigenvalue weighted by Gasteiger charge is -2.12. The number of hydrogen-bond acceptors (Lipinski definition) is 5. The largest absolute Gasteiger partial charge is 0.351 e. The molecule has 0 saturated heterocycles. The van der Waals surface area contributed by atoms with Gasteiger partial charge in [0.1, 0.15) is 5.82 Å². The lowest BCUT2D eigenvalue weighted by atomic mass is 10.0. The average molecular weight is 362 g/mol. The summed E-state index contributed by atoms with van der Waals surface area (Å²) >= 11 is 5.84. The number of urea groups is 1. The molecular weight excluding hydrogens is 349 g/mol. The van der Waals surface area contributed by atoms with E-state index in [0.717, 1.165) is 12.1 Å². The maximum absolute atomic E-state index is 13.0. The first kappa shape index (κ1) is 18.2. The number of carbonyl (C=O) groups is 2. The van der Waals surface area contributed by atoms with Gasteiger partial charge in [0.2, 0.25) is 0 Å². The van der Waals surface area contributed by atoms with Gasteiger partial charge < -0.3 is 11.1 Å². The third-order valence-electron chi connectivity index (χ3n) is 3.02. The van der Waals surface area contributed by atoms with Crippen LogP contribution in [0.2, 0.25) is 5.02 Å². The van der Waals surface area contributed by atoms with E-state index in [0.29, 0.717) is 10.7 Å². The number of nitrogens with one attached hydrogen (secondary N) is 2. The van der Waals surface area contributed by atoms with Crippen molar-refractivity contribution in [3.05, 3.63) is 64.9 Å². The number of hydrogen-bond donors (Lipinski definition) is 3. The van der Waals surface area contributed by atoms with Crippen molar-refractivity contribution in [1.29, 1.82) is 5.41 Å². The van der Waals surface area contributed by atoms with Gasteiger partial charge in [-0.05, 0) is 35.9 Å². The standard InChI is InChI=1S/C16H13ClFN5O2/c17-10-2-1-3-12(8-10)22-23-14(15(24)21-16(20)25)13(19)9-4-6-11(18)7-5-9/h1-8,14,19H,(H3,20,21,24,25). The van der Waals surface area contributed by atoms with Crippen LogP contribution in [-0.2, 0) is 4.79 Å². The van der Waals surface area contributed by atoms with E-state index in [9.17, 15) is 14.0 Å². The zero-order valence-corrected chi connectivity index (χ0v) is 13.5. The van der Waals surface area contributed by atoms with Gasteiger partial charge in [-0.15, -0.1) is 0 Å². The molecule has 1 unspecified atom stereocenters. The number of imide groups is 1. The van der Waals surface area contributed by atoms with Crippen LogP contribution in [0.5, 0.6) is 0 Å². The first-order valence-electron chi connectivity index (χ1n) is 6.98. The number of carbonyl (C=O) groups excluding carboxylic acids is 2. The Balaban J connectivity index is 2.32. The molecule has 0 aliphatic rings. The van der Waals surface area contributed by atoms with E-state index in [1.54, 1.807) is 18.2 Å². The molecule has 0 aliphatic heterocycles. The molecule has 0 spiro atoms. The summed E-state index contributed by atoms with van der Waals surface area (Å²) in [4.78, 5) is 23.0. The quantitative estimate of drug-likeness (QED) is 0.559. The second-order valence-corrected chi connectivity index (χ2v) is 5.31. The van der Waals surface area contributed by atoms with Gasteiger partial charge in [0.05, 0.1) is 11.4 Å². The molecule has 9 heteroatoms. The summed E-state index contributed by atoms with van der Waals surface area (Å²) in [5.74, 6) is -1.41. The predicted molar refractivity (Wildman–Crippen MR) is 90.7 cm³/mol. The molecule has 0 heterocycles. The van der Waals surface area contributed by atoms with Gasteiger partial charge in [-0.25, -0.2) is 9.18 Å². The smallest absolute Gasteiger partial charge is 0.318 e. The Kier molecular flexibility index (Phi) is 5.91. The summed E-state index contributed by atoms with van der Waals surface area (Å²) in [5.41, 5.74) is 5.27. The van der Waals surface area contributed by atoms with Crippen LogP contribution in [0.4, 0.5) is 14.9 Å². The highest BCUT2D eigenvalue weighted by Crippen LogP contribution is 2.19. The van der Waals surface area contributed by atoms with Gasteiger partial charge in [-0.3, -0.25) is 10.1 Å². The minimum absolute atomic E-state index is 0.246. The molecule has 3 amide bonds. The van der Waals surface area contributed by atoms with E-state index in [-0.39, 0.29) is 11.3 Å². The highest BCUT2D eigenvalue weighted by Gasteiger charge is 2.25. The third-order valence-corrected chi connectivity index (χ3v) is 3.26. The number of benzene rings is 2. The average Bonchev–Trinajstić information content (AvgIpc) is 2.55. The molecule has 4 N–H and O–H groups in total. The Morgan fingerprint density at radius 1 is 1.20 bits per heavy atom. The zero-order chi connectivity index (χ0) is 18.4. The van der Waals surface area contributed by atoms with Crippen LogP contribution in [0.25, 0.3) is 0 Å². The molecule has 0 fully saturated rings. The summed E-state index contributed by atoms with van der Waals surface area (Å²) in [6, 6.07) is 8.77. The van der Waals surface area contributed by atoms with Crippen molar-refractivity contribution < 1.29 is 14.0 Å². The van der Waals surface area contributed by atoms with Crippen LogP contribution >= 0.6 is 11.6 Å². The van der Waals surface area contributed by atoms with E-state index in [1.807, 2.05) is 5.32 Å². The van der Waals surface area contributed by atoms with Crippen LogP contribution in [0.15, 0.2) is 58.8 Å². The molecule has 0 aliphatic carbocycles. The molecular formula is C16H13ClFN5O2. The van der Waals surface area contributed by atoms with E-state index in [2.05, 4.69) is 10.2 Å². The van der Waals surface area contributed by atoms with E-state index in [1.165, 1.54) is 18.2 Å². The molecule has 1 atom stereocenters. The molecule has 0 saturated carbocycles. The fourth-order valence-electron chi connectivity index (χ4n) is 1.88. The topological polar surface area (TPSA) is 121 Å². The van der Waals surface area contributed by atoms with Crippen LogP contribution in [-0.4, -0.2) is 23.7 Å². The van der Waals surface area contributed by atoms with Gasteiger partial charge in [0.25, 0.3) is 5.91 Å². The first-order chi connectivity index (χ1) is 11.9. The molecule has 2 rings (SSSR count). The SMILES string of the molecule is N=C(c1ccc(F)cc1)C(N=Nc1cccc(Cl)c1)C(=O)NC(N)=O. The number of nitrogens with two attached hydrogens (primary N) is 1. The van der Waals surface area contributed by atoms with Crippen molar-refractivity contribution in [2.45, 2.75) is 6.04 Å². The summed E-state index contributed by atoms with van der Waals surface area (Å²) in [5, 5.41) is 18.1. The molecule has 0 bridgehead atoms. The molecule has 7 nitrogen and oxygen atoms in total. The lowest BCUT2D eigenvalue weighted by Crippen LogP contribution is -2.44. The van der Waals surface area contributed by atoms with E-state index >= 15 is 0 Å². The molecule has 128 valence electrons. The van der Waals surface area contributed by atoms with E-state index < -0.39 is 23.8 Å². The highest BCUT2D eigenvalue weighted by molar-refractivity contribution is 6.30. The van der Waals surface area contributed by atoms with Crippen molar-refractivity contribution in [3.8, 4) is 0 Å². The Hall–Kier alpha value is -3.13. The van der Waals surface area contributed by atoms with Crippen LogP contribution in [0.1, 0.15) is 5.56 Å². The van der Waals surface area contributed by atoms with Crippen molar-refractivity contribution in [3.63, 3.8) is 0 Å². The number of nitrogens with zero attached hydrogens (tertiary/aromatic N) is 2. The molecule has 0 aromatic heterocycles. The second kappa shape index (κ2) is 8.11. The normalized spacial score (nSPS) is 11.9.